The van der Waals surface area contributed by atoms with Gasteiger partial charge in [-0.15, -0.1) is 0 Å². The highest BCUT2D eigenvalue weighted by atomic mass is 35.5. The first-order chi connectivity index (χ1) is 17.6. The Morgan fingerprint density at radius 3 is 2.16 bits per heavy atom. The van der Waals surface area contributed by atoms with Crippen LogP contribution in [0.15, 0.2) is 82.6 Å². The van der Waals surface area contributed by atoms with Gasteiger partial charge in [-0.1, -0.05) is 47.5 Å². The van der Waals surface area contributed by atoms with Crippen LogP contribution in [-0.2, 0) is 29.6 Å². The Bertz CT molecular complexity index is 1480. The van der Waals surface area contributed by atoms with Crippen molar-refractivity contribution >= 4 is 60.5 Å². The largest absolute Gasteiger partial charge is 0.379 e. The van der Waals surface area contributed by atoms with Gasteiger partial charge in [0.2, 0.25) is 15.9 Å². The van der Waals surface area contributed by atoms with Gasteiger partial charge >= 0.3 is 0 Å². The summed E-state index contributed by atoms with van der Waals surface area (Å²) < 4.78 is 60.0. The molecule has 3 aromatic carbocycles. The molecule has 3 aromatic rings. The van der Waals surface area contributed by atoms with Crippen molar-refractivity contribution in [3.63, 3.8) is 0 Å². The Hall–Kier alpha value is -2.67. The second-order valence-electron chi connectivity index (χ2n) is 7.99. The molecule has 196 valence electrons. The molecule has 1 fully saturated rings. The van der Waals surface area contributed by atoms with E-state index in [0.29, 0.717) is 18.9 Å². The first-order valence-electron chi connectivity index (χ1n) is 11.1. The number of rotatable bonds is 8. The lowest BCUT2D eigenvalue weighted by molar-refractivity contribution is -0.114. The Balaban J connectivity index is 1.56. The lowest BCUT2D eigenvalue weighted by atomic mass is 10.3. The molecule has 0 aliphatic carbocycles. The van der Waals surface area contributed by atoms with E-state index in [2.05, 4.69) is 5.32 Å². The number of carbonyl (C=O) groups is 1. The van der Waals surface area contributed by atoms with Crippen molar-refractivity contribution in [3.8, 4) is 0 Å². The number of carbonyl (C=O) groups excluding carboxylic acids is 1. The first-order valence-corrected chi connectivity index (χ1v) is 14.7. The Labute approximate surface area is 225 Å². The number of morpholine rings is 1. The molecule has 9 nitrogen and oxygen atoms in total. The molecule has 1 amide bonds. The van der Waals surface area contributed by atoms with E-state index in [1.165, 1.54) is 58.9 Å². The summed E-state index contributed by atoms with van der Waals surface area (Å²) in [6.45, 7) is 0.571. The summed E-state index contributed by atoms with van der Waals surface area (Å²) in [4.78, 5) is 13.0. The molecule has 0 aromatic heterocycles. The maximum Gasteiger partial charge on any atom is 0.264 e. The van der Waals surface area contributed by atoms with E-state index in [0.717, 1.165) is 4.31 Å². The highest BCUT2D eigenvalue weighted by molar-refractivity contribution is 7.93. The van der Waals surface area contributed by atoms with Gasteiger partial charge in [0.1, 0.15) is 6.54 Å². The third kappa shape index (κ3) is 6.08. The van der Waals surface area contributed by atoms with Crippen molar-refractivity contribution in [2.45, 2.75) is 9.79 Å². The molecule has 0 bridgehead atoms. The van der Waals surface area contributed by atoms with Gasteiger partial charge in [-0.25, -0.2) is 16.8 Å². The monoisotopic (exact) mass is 583 g/mol. The lowest BCUT2D eigenvalue weighted by Gasteiger charge is -2.26. The predicted octanol–water partition coefficient (Wildman–Crippen LogP) is 3.85. The van der Waals surface area contributed by atoms with Crippen LogP contribution < -0.4 is 9.62 Å². The van der Waals surface area contributed by atoms with Crippen LogP contribution in [-0.4, -0.2) is 59.9 Å². The minimum absolute atomic E-state index is 0.0193. The second-order valence-corrected chi connectivity index (χ2v) is 12.6. The minimum Gasteiger partial charge on any atom is -0.379 e. The minimum atomic E-state index is -4.18. The maximum absolute atomic E-state index is 13.5. The van der Waals surface area contributed by atoms with Crippen LogP contribution in [0.1, 0.15) is 0 Å². The molecule has 0 radical (unpaired) electrons. The number of ether oxygens (including phenoxy) is 1. The number of benzene rings is 3. The highest BCUT2D eigenvalue weighted by Crippen LogP contribution is 2.35. The fourth-order valence-electron chi connectivity index (χ4n) is 3.68. The molecule has 37 heavy (non-hydrogen) atoms. The van der Waals surface area contributed by atoms with Crippen molar-refractivity contribution in [1.29, 1.82) is 0 Å². The molecule has 0 spiro atoms. The zero-order valence-electron chi connectivity index (χ0n) is 19.4. The van der Waals surface area contributed by atoms with E-state index in [-0.39, 0.29) is 38.6 Å². The summed E-state index contributed by atoms with van der Waals surface area (Å²) >= 11 is 12.4. The van der Waals surface area contributed by atoms with Gasteiger partial charge in [0.25, 0.3) is 10.0 Å². The van der Waals surface area contributed by atoms with Crippen LogP contribution in [0.25, 0.3) is 0 Å². The summed E-state index contributed by atoms with van der Waals surface area (Å²) in [5.74, 6) is -0.667. The van der Waals surface area contributed by atoms with E-state index >= 15 is 0 Å². The predicted molar refractivity (Wildman–Crippen MR) is 142 cm³/mol. The summed E-state index contributed by atoms with van der Waals surface area (Å²) in [5.41, 5.74) is 0.334. The van der Waals surface area contributed by atoms with Crippen molar-refractivity contribution in [1.82, 2.24) is 4.31 Å². The Morgan fingerprint density at radius 2 is 1.51 bits per heavy atom. The van der Waals surface area contributed by atoms with Crippen molar-refractivity contribution in [2.75, 3.05) is 42.5 Å². The number of nitrogens with zero attached hydrogens (tertiary/aromatic N) is 2. The average Bonchev–Trinajstić information content (AvgIpc) is 2.90. The van der Waals surface area contributed by atoms with Gasteiger partial charge in [0.15, 0.2) is 0 Å². The molecule has 1 heterocycles. The molecule has 1 saturated heterocycles. The number of amides is 1. The number of hydrogen-bond acceptors (Lipinski definition) is 6. The van der Waals surface area contributed by atoms with Crippen molar-refractivity contribution in [2.24, 2.45) is 0 Å². The number of hydrogen-bond donors (Lipinski definition) is 1. The molecule has 1 aliphatic heterocycles. The van der Waals surface area contributed by atoms with Crippen LogP contribution in [0.3, 0.4) is 0 Å². The van der Waals surface area contributed by atoms with Crippen LogP contribution in [0.2, 0.25) is 10.0 Å². The number of sulfonamides is 2. The molecule has 1 aliphatic rings. The van der Waals surface area contributed by atoms with Gasteiger partial charge in [0, 0.05) is 18.8 Å². The standard InChI is InChI=1S/C24H23Cl2N3O6S2/c25-21-7-4-8-22(24(21)26)29(37(33,34)19-5-2-1-3-6-19)17-23(30)27-18-9-11-20(12-10-18)36(31,32)28-13-15-35-16-14-28/h1-12H,13-17H2,(H,27,30). The molecular weight excluding hydrogens is 561 g/mol. The zero-order valence-corrected chi connectivity index (χ0v) is 22.5. The molecule has 0 unspecified atom stereocenters. The highest BCUT2D eigenvalue weighted by Gasteiger charge is 2.30. The average molecular weight is 585 g/mol. The molecule has 13 heteroatoms. The van der Waals surface area contributed by atoms with E-state index < -0.39 is 32.5 Å². The van der Waals surface area contributed by atoms with Crippen molar-refractivity contribution < 1.29 is 26.4 Å². The van der Waals surface area contributed by atoms with Crippen LogP contribution in [0.5, 0.6) is 0 Å². The Morgan fingerprint density at radius 1 is 0.865 bits per heavy atom. The SMILES string of the molecule is O=C(CN(c1cccc(Cl)c1Cl)S(=O)(=O)c1ccccc1)Nc1ccc(S(=O)(=O)N2CCOCC2)cc1. The topological polar surface area (TPSA) is 113 Å². The van der Waals surface area contributed by atoms with Crippen molar-refractivity contribution in [3.05, 3.63) is 82.8 Å². The van der Waals surface area contributed by atoms with Gasteiger partial charge in [-0.3, -0.25) is 9.10 Å². The van der Waals surface area contributed by atoms with E-state index in [4.69, 9.17) is 27.9 Å². The Kier molecular flexibility index (Phi) is 8.42. The third-order valence-electron chi connectivity index (χ3n) is 5.56. The van der Waals surface area contributed by atoms with E-state index in [9.17, 15) is 21.6 Å². The fraction of sp³-hybridized carbons (Fsp3) is 0.208. The third-order valence-corrected chi connectivity index (χ3v) is 10.1. The van der Waals surface area contributed by atoms with Gasteiger partial charge in [0.05, 0.1) is 38.7 Å². The van der Waals surface area contributed by atoms with E-state index in [1.54, 1.807) is 18.2 Å². The van der Waals surface area contributed by atoms with Crippen LogP contribution in [0, 0.1) is 0 Å². The fourth-order valence-corrected chi connectivity index (χ4v) is 6.99. The summed E-state index contributed by atoms with van der Waals surface area (Å²) in [6.07, 6.45) is 0. The van der Waals surface area contributed by atoms with Crippen LogP contribution in [0.4, 0.5) is 11.4 Å². The van der Waals surface area contributed by atoms with Crippen LogP contribution >= 0.6 is 23.2 Å². The molecule has 0 atom stereocenters. The number of nitrogens with one attached hydrogen (secondary N) is 1. The lowest BCUT2D eigenvalue weighted by Crippen LogP contribution is -2.40. The molecule has 0 saturated carbocycles. The first kappa shape index (κ1) is 27.4. The number of anilines is 2. The smallest absolute Gasteiger partial charge is 0.264 e. The van der Waals surface area contributed by atoms with Gasteiger partial charge < -0.3 is 10.1 Å². The number of halogens is 2. The normalized spacial score (nSPS) is 14.8. The summed E-state index contributed by atoms with van der Waals surface area (Å²) in [6, 6.07) is 17.8. The molecular formula is C24H23Cl2N3O6S2. The molecule has 4 rings (SSSR count). The molecule has 1 N–H and O–H groups in total. The second kappa shape index (κ2) is 11.4. The maximum atomic E-state index is 13.5. The summed E-state index contributed by atoms with van der Waals surface area (Å²) in [5, 5.41) is 2.72. The zero-order chi connectivity index (χ0) is 26.6. The van der Waals surface area contributed by atoms with Gasteiger partial charge in [-0.05, 0) is 48.5 Å². The van der Waals surface area contributed by atoms with E-state index in [1.807, 2.05) is 0 Å². The quantitative estimate of drug-likeness (QED) is 0.431. The van der Waals surface area contributed by atoms with Gasteiger partial charge in [-0.2, -0.15) is 4.31 Å². The summed E-state index contributed by atoms with van der Waals surface area (Å²) in [7, 11) is -7.88.